The summed E-state index contributed by atoms with van der Waals surface area (Å²) in [6.45, 7) is 0. The van der Waals surface area contributed by atoms with E-state index < -0.39 is 0 Å². The number of hydrogen-bond donors (Lipinski definition) is 2. The van der Waals surface area contributed by atoms with Gasteiger partial charge in [-0.3, -0.25) is 5.10 Å². The third-order valence-corrected chi connectivity index (χ3v) is 2.27. The monoisotopic (exact) mass is 211 g/mol. The topological polar surface area (TPSA) is 70.2 Å². The van der Waals surface area contributed by atoms with E-state index in [0.29, 0.717) is 11.6 Å². The lowest BCUT2D eigenvalue weighted by molar-refractivity contribution is 1.09. The quantitative estimate of drug-likeness (QED) is 0.679. The lowest BCUT2D eigenvalue weighted by Gasteiger charge is -1.91. The largest absolute Gasteiger partial charge is 0.342 e. The minimum absolute atomic E-state index is 0.685. The molecule has 3 aromatic rings. The van der Waals surface area contributed by atoms with E-state index in [4.69, 9.17) is 0 Å². The molecule has 0 amide bonds. The lowest BCUT2D eigenvalue weighted by Crippen LogP contribution is -1.80. The highest BCUT2D eigenvalue weighted by Gasteiger charge is 2.07. The van der Waals surface area contributed by atoms with Crippen LogP contribution in [-0.4, -0.2) is 25.1 Å². The number of aromatic amines is 2. The summed E-state index contributed by atoms with van der Waals surface area (Å²) in [5.74, 6) is 1.38. The summed E-state index contributed by atoms with van der Waals surface area (Å²) in [6.07, 6.45) is 3.31. The molecule has 5 nitrogen and oxygen atoms in total. The van der Waals surface area contributed by atoms with Gasteiger partial charge in [-0.2, -0.15) is 5.10 Å². The van der Waals surface area contributed by atoms with E-state index in [9.17, 15) is 0 Å². The highest BCUT2D eigenvalue weighted by molar-refractivity contribution is 5.58. The standard InChI is InChI=1S/C11H9N5/c1-2-4-8(5-3-1)10-14-11(16-15-10)9-6-12-7-13-9/h1-7H,(H,12,13)(H,14,15,16). The summed E-state index contributed by atoms with van der Waals surface area (Å²) in [5, 5.41) is 7.03. The van der Waals surface area contributed by atoms with Crippen LogP contribution in [0.15, 0.2) is 42.9 Å². The molecule has 0 aliphatic heterocycles. The van der Waals surface area contributed by atoms with Gasteiger partial charge in [0.15, 0.2) is 11.6 Å². The second kappa shape index (κ2) is 3.62. The second-order valence-corrected chi connectivity index (χ2v) is 3.34. The summed E-state index contributed by atoms with van der Waals surface area (Å²) < 4.78 is 0. The number of nitrogens with one attached hydrogen (secondary N) is 2. The summed E-state index contributed by atoms with van der Waals surface area (Å²) >= 11 is 0. The van der Waals surface area contributed by atoms with Gasteiger partial charge in [-0.05, 0) is 0 Å². The van der Waals surface area contributed by atoms with Crippen LogP contribution in [0.25, 0.3) is 22.9 Å². The van der Waals surface area contributed by atoms with E-state index in [0.717, 1.165) is 11.3 Å². The Bertz CT molecular complexity index is 567. The van der Waals surface area contributed by atoms with E-state index in [1.165, 1.54) is 0 Å². The van der Waals surface area contributed by atoms with Gasteiger partial charge in [0.05, 0.1) is 12.5 Å². The zero-order valence-corrected chi connectivity index (χ0v) is 8.38. The lowest BCUT2D eigenvalue weighted by atomic mass is 10.2. The van der Waals surface area contributed by atoms with Crippen molar-refractivity contribution >= 4 is 0 Å². The molecule has 2 aromatic heterocycles. The molecular weight excluding hydrogens is 202 g/mol. The maximum absolute atomic E-state index is 4.39. The first-order valence-corrected chi connectivity index (χ1v) is 4.90. The molecule has 1 aromatic carbocycles. The minimum Gasteiger partial charge on any atom is -0.342 e. The van der Waals surface area contributed by atoms with Crippen molar-refractivity contribution in [3.63, 3.8) is 0 Å². The predicted octanol–water partition coefficient (Wildman–Crippen LogP) is 1.86. The molecule has 16 heavy (non-hydrogen) atoms. The van der Waals surface area contributed by atoms with Gasteiger partial charge in [-0.25, -0.2) is 9.97 Å². The third kappa shape index (κ3) is 1.48. The number of rotatable bonds is 2. The molecule has 3 rings (SSSR count). The van der Waals surface area contributed by atoms with E-state index >= 15 is 0 Å². The molecular formula is C11H9N5. The molecule has 0 aliphatic rings. The van der Waals surface area contributed by atoms with Crippen molar-refractivity contribution in [2.45, 2.75) is 0 Å². The Labute approximate surface area is 91.6 Å². The molecule has 78 valence electrons. The Morgan fingerprint density at radius 2 is 1.94 bits per heavy atom. The van der Waals surface area contributed by atoms with Gasteiger partial charge in [-0.1, -0.05) is 30.3 Å². The van der Waals surface area contributed by atoms with Crippen molar-refractivity contribution in [1.29, 1.82) is 0 Å². The van der Waals surface area contributed by atoms with Crippen LogP contribution < -0.4 is 0 Å². The molecule has 0 saturated carbocycles. The third-order valence-electron chi connectivity index (χ3n) is 2.27. The molecule has 0 fully saturated rings. The van der Waals surface area contributed by atoms with Crippen LogP contribution in [0.2, 0.25) is 0 Å². The average Bonchev–Trinajstić information content (AvgIpc) is 3.01. The molecule has 5 heteroatoms. The summed E-state index contributed by atoms with van der Waals surface area (Å²) in [7, 11) is 0. The van der Waals surface area contributed by atoms with Crippen LogP contribution in [0.1, 0.15) is 0 Å². The Balaban J connectivity index is 2.00. The second-order valence-electron chi connectivity index (χ2n) is 3.34. The first-order valence-electron chi connectivity index (χ1n) is 4.90. The minimum atomic E-state index is 0.685. The van der Waals surface area contributed by atoms with Gasteiger partial charge in [-0.15, -0.1) is 0 Å². The SMILES string of the molecule is c1ccc(-c2n[nH]c(-c3cnc[nH]3)n2)cc1. The zero-order chi connectivity index (χ0) is 10.8. The van der Waals surface area contributed by atoms with Crippen LogP contribution >= 0.6 is 0 Å². The van der Waals surface area contributed by atoms with E-state index in [-0.39, 0.29) is 0 Å². The first kappa shape index (κ1) is 8.84. The summed E-state index contributed by atoms with van der Waals surface area (Å²) in [6, 6.07) is 9.83. The van der Waals surface area contributed by atoms with Crippen LogP contribution in [0.4, 0.5) is 0 Å². The van der Waals surface area contributed by atoms with Gasteiger partial charge in [0.2, 0.25) is 0 Å². The van der Waals surface area contributed by atoms with Gasteiger partial charge < -0.3 is 4.98 Å². The maximum Gasteiger partial charge on any atom is 0.181 e. The summed E-state index contributed by atoms with van der Waals surface area (Å²) in [5.41, 5.74) is 1.82. The Morgan fingerprint density at radius 1 is 1.06 bits per heavy atom. The molecule has 0 aliphatic carbocycles. The van der Waals surface area contributed by atoms with E-state index in [1.54, 1.807) is 12.5 Å². The molecule has 0 saturated heterocycles. The van der Waals surface area contributed by atoms with Gasteiger partial charge in [0.25, 0.3) is 0 Å². The van der Waals surface area contributed by atoms with Crippen LogP contribution in [0, 0.1) is 0 Å². The van der Waals surface area contributed by atoms with E-state index in [1.807, 2.05) is 30.3 Å². The van der Waals surface area contributed by atoms with Gasteiger partial charge in [0.1, 0.15) is 5.69 Å². The van der Waals surface area contributed by atoms with Crippen LogP contribution in [-0.2, 0) is 0 Å². The molecule has 2 N–H and O–H groups in total. The molecule has 0 radical (unpaired) electrons. The fourth-order valence-corrected chi connectivity index (χ4v) is 1.48. The molecule has 0 atom stereocenters. The number of hydrogen-bond acceptors (Lipinski definition) is 3. The van der Waals surface area contributed by atoms with Gasteiger partial charge >= 0.3 is 0 Å². The first-order chi connectivity index (χ1) is 7.93. The zero-order valence-electron chi connectivity index (χ0n) is 8.38. The number of nitrogens with zero attached hydrogens (tertiary/aromatic N) is 3. The summed E-state index contributed by atoms with van der Waals surface area (Å²) in [4.78, 5) is 11.3. The van der Waals surface area contributed by atoms with Crippen molar-refractivity contribution in [2.24, 2.45) is 0 Å². The highest BCUT2D eigenvalue weighted by Crippen LogP contribution is 2.17. The Kier molecular flexibility index (Phi) is 2.00. The van der Waals surface area contributed by atoms with Crippen molar-refractivity contribution in [2.75, 3.05) is 0 Å². The molecule has 0 spiro atoms. The Hall–Kier alpha value is -2.43. The maximum atomic E-state index is 4.39. The van der Waals surface area contributed by atoms with Crippen LogP contribution in [0.5, 0.6) is 0 Å². The fraction of sp³-hybridized carbons (Fsp3) is 0. The van der Waals surface area contributed by atoms with E-state index in [2.05, 4.69) is 25.1 Å². The van der Waals surface area contributed by atoms with Crippen molar-refractivity contribution in [1.82, 2.24) is 25.1 Å². The van der Waals surface area contributed by atoms with Crippen molar-refractivity contribution < 1.29 is 0 Å². The van der Waals surface area contributed by atoms with Crippen LogP contribution in [0.3, 0.4) is 0 Å². The number of H-pyrrole nitrogens is 2. The number of benzene rings is 1. The highest BCUT2D eigenvalue weighted by atomic mass is 15.2. The molecule has 0 unspecified atom stereocenters. The van der Waals surface area contributed by atoms with Gasteiger partial charge in [0, 0.05) is 5.56 Å². The Morgan fingerprint density at radius 3 is 2.69 bits per heavy atom. The normalized spacial score (nSPS) is 10.5. The fourth-order valence-electron chi connectivity index (χ4n) is 1.48. The molecule has 2 heterocycles. The number of imidazole rings is 1. The smallest absolute Gasteiger partial charge is 0.181 e. The predicted molar refractivity (Wildman–Crippen MR) is 59.4 cm³/mol. The van der Waals surface area contributed by atoms with Crippen molar-refractivity contribution in [3.05, 3.63) is 42.9 Å². The number of aromatic nitrogens is 5. The molecule has 0 bridgehead atoms. The average molecular weight is 211 g/mol. The van der Waals surface area contributed by atoms with Crippen molar-refractivity contribution in [3.8, 4) is 22.9 Å².